The summed E-state index contributed by atoms with van der Waals surface area (Å²) in [7, 11) is -3.55. The van der Waals surface area contributed by atoms with E-state index >= 15 is 0 Å². The second-order valence-corrected chi connectivity index (χ2v) is 13.9. The van der Waals surface area contributed by atoms with Crippen LogP contribution in [0, 0.1) is 10.8 Å². The highest BCUT2D eigenvalue weighted by Gasteiger charge is 2.42. The standard InChI is InChI=1S/C29H48N2O7S/c1-6-7-20-39(35,36)31-22-28(5,25(32)33)21-23-12-8-9-13-24(23)37-19-11-10-14-29(15-17-30-18-16-29)26(34)38-27(2,3)4/h8-9,12-13,30-31H,6-7,10-11,14-22H2,1-5H3,(H,32,33). The molecule has 0 amide bonds. The summed E-state index contributed by atoms with van der Waals surface area (Å²) in [6, 6.07) is 7.27. The molecule has 39 heavy (non-hydrogen) atoms. The number of rotatable bonds is 16. The Bertz CT molecular complexity index is 1050. The Morgan fingerprint density at radius 2 is 1.74 bits per heavy atom. The highest BCUT2D eigenvalue weighted by molar-refractivity contribution is 7.89. The predicted molar refractivity (Wildman–Crippen MR) is 152 cm³/mol. The maximum atomic E-state index is 13.0. The molecule has 0 aromatic heterocycles. The molecule has 1 heterocycles. The van der Waals surface area contributed by atoms with Gasteiger partial charge in [-0.3, -0.25) is 9.59 Å². The third kappa shape index (κ3) is 10.7. The molecule has 0 bridgehead atoms. The summed E-state index contributed by atoms with van der Waals surface area (Å²) in [5.74, 6) is -0.640. The summed E-state index contributed by atoms with van der Waals surface area (Å²) in [6.07, 6.45) is 5.14. The molecule has 0 saturated carbocycles. The molecule has 1 atom stereocenters. The van der Waals surface area contributed by atoms with E-state index in [1.807, 2.05) is 45.9 Å². The van der Waals surface area contributed by atoms with Crippen molar-refractivity contribution < 1.29 is 32.6 Å². The number of carbonyl (C=O) groups is 2. The van der Waals surface area contributed by atoms with Crippen molar-refractivity contribution in [2.24, 2.45) is 10.8 Å². The van der Waals surface area contributed by atoms with Crippen LogP contribution in [-0.4, -0.2) is 63.1 Å². The number of carboxylic acids is 1. The Kier molecular flexibility index (Phi) is 12.2. The first-order valence-electron chi connectivity index (χ1n) is 14.1. The molecule has 222 valence electrons. The number of hydrogen-bond acceptors (Lipinski definition) is 7. The van der Waals surface area contributed by atoms with E-state index in [0.717, 1.165) is 51.6 Å². The molecule has 1 aromatic rings. The van der Waals surface area contributed by atoms with E-state index in [1.54, 1.807) is 13.0 Å². The summed E-state index contributed by atoms with van der Waals surface area (Å²) >= 11 is 0. The maximum absolute atomic E-state index is 13.0. The predicted octanol–water partition coefficient (Wildman–Crippen LogP) is 4.30. The lowest BCUT2D eigenvalue weighted by atomic mass is 9.75. The number of carbonyl (C=O) groups excluding carboxylic acids is 1. The maximum Gasteiger partial charge on any atom is 0.312 e. The molecule has 9 nitrogen and oxygen atoms in total. The van der Waals surface area contributed by atoms with Gasteiger partial charge < -0.3 is 19.9 Å². The van der Waals surface area contributed by atoms with E-state index in [0.29, 0.717) is 24.3 Å². The van der Waals surface area contributed by atoms with Crippen molar-refractivity contribution in [2.75, 3.05) is 32.0 Å². The smallest absolute Gasteiger partial charge is 0.312 e. The Hall–Kier alpha value is -2.17. The van der Waals surface area contributed by atoms with Gasteiger partial charge in [0, 0.05) is 6.54 Å². The number of nitrogens with one attached hydrogen (secondary N) is 2. The Balaban J connectivity index is 1.98. The number of unbranched alkanes of at least 4 members (excludes halogenated alkanes) is 2. The van der Waals surface area contributed by atoms with Crippen LogP contribution in [0.25, 0.3) is 0 Å². The van der Waals surface area contributed by atoms with E-state index < -0.39 is 32.4 Å². The Labute approximate surface area is 234 Å². The van der Waals surface area contributed by atoms with Crippen LogP contribution >= 0.6 is 0 Å². The van der Waals surface area contributed by atoms with E-state index in [4.69, 9.17) is 9.47 Å². The minimum atomic E-state index is -3.55. The van der Waals surface area contributed by atoms with Crippen molar-refractivity contribution in [3.63, 3.8) is 0 Å². The van der Waals surface area contributed by atoms with Gasteiger partial charge in [-0.15, -0.1) is 0 Å². The summed E-state index contributed by atoms with van der Waals surface area (Å²) in [5.41, 5.74) is -1.64. The first-order valence-corrected chi connectivity index (χ1v) is 15.7. The van der Waals surface area contributed by atoms with Crippen molar-refractivity contribution >= 4 is 22.0 Å². The Morgan fingerprint density at radius 1 is 1.08 bits per heavy atom. The summed E-state index contributed by atoms with van der Waals surface area (Å²) in [6.45, 7) is 10.9. The van der Waals surface area contributed by atoms with Gasteiger partial charge in [-0.1, -0.05) is 31.5 Å². The van der Waals surface area contributed by atoms with Gasteiger partial charge in [0.1, 0.15) is 11.4 Å². The molecule has 1 aliphatic heterocycles. The zero-order valence-electron chi connectivity index (χ0n) is 24.3. The van der Waals surface area contributed by atoms with Gasteiger partial charge in [0.25, 0.3) is 0 Å². The SMILES string of the molecule is CCCCS(=O)(=O)NCC(C)(Cc1ccccc1OCCCCC1(C(=O)OC(C)(C)C)CCNCC1)C(=O)O. The monoisotopic (exact) mass is 568 g/mol. The minimum Gasteiger partial charge on any atom is -0.493 e. The van der Waals surface area contributed by atoms with Crippen molar-refractivity contribution in [1.29, 1.82) is 0 Å². The highest BCUT2D eigenvalue weighted by Crippen LogP contribution is 2.37. The number of sulfonamides is 1. The average molecular weight is 569 g/mol. The van der Waals surface area contributed by atoms with Crippen LogP contribution in [0.2, 0.25) is 0 Å². The number of benzene rings is 1. The van der Waals surface area contributed by atoms with Crippen LogP contribution in [0.3, 0.4) is 0 Å². The lowest BCUT2D eigenvalue weighted by Crippen LogP contribution is -2.45. The van der Waals surface area contributed by atoms with Gasteiger partial charge in [0.2, 0.25) is 10.0 Å². The third-order valence-corrected chi connectivity index (χ3v) is 8.63. The lowest BCUT2D eigenvalue weighted by molar-refractivity contribution is -0.170. The molecule has 2 rings (SSSR count). The van der Waals surface area contributed by atoms with E-state index in [1.165, 1.54) is 0 Å². The van der Waals surface area contributed by atoms with E-state index in [-0.39, 0.29) is 24.7 Å². The number of aliphatic carboxylic acids is 1. The van der Waals surface area contributed by atoms with Gasteiger partial charge >= 0.3 is 11.9 Å². The van der Waals surface area contributed by atoms with Gasteiger partial charge in [-0.25, -0.2) is 13.1 Å². The molecule has 1 fully saturated rings. The second kappa shape index (κ2) is 14.5. The number of piperidine rings is 1. The van der Waals surface area contributed by atoms with Gasteiger partial charge in [0.15, 0.2) is 0 Å². The van der Waals surface area contributed by atoms with E-state index in [2.05, 4.69) is 10.0 Å². The second-order valence-electron chi connectivity index (χ2n) is 12.0. The lowest BCUT2D eigenvalue weighted by Gasteiger charge is -2.37. The molecule has 1 aliphatic rings. The Morgan fingerprint density at radius 3 is 2.36 bits per heavy atom. The van der Waals surface area contributed by atoms with Crippen LogP contribution in [-0.2, 0) is 30.8 Å². The average Bonchev–Trinajstić information content (AvgIpc) is 2.86. The molecule has 0 aliphatic carbocycles. The van der Waals surface area contributed by atoms with Crippen LogP contribution in [0.4, 0.5) is 0 Å². The van der Waals surface area contributed by atoms with Crippen LogP contribution < -0.4 is 14.8 Å². The van der Waals surface area contributed by atoms with Crippen LogP contribution in [0.1, 0.15) is 85.1 Å². The normalized spacial score (nSPS) is 17.3. The van der Waals surface area contributed by atoms with Gasteiger partial charge in [-0.2, -0.15) is 0 Å². The number of esters is 1. The molecule has 1 unspecified atom stereocenters. The minimum absolute atomic E-state index is 0.0232. The number of para-hydroxylation sites is 1. The van der Waals surface area contributed by atoms with Crippen molar-refractivity contribution in [3.8, 4) is 5.75 Å². The third-order valence-electron chi connectivity index (χ3n) is 7.22. The fourth-order valence-corrected chi connectivity index (χ4v) is 6.05. The van der Waals surface area contributed by atoms with Crippen molar-refractivity contribution in [1.82, 2.24) is 10.0 Å². The topological polar surface area (TPSA) is 131 Å². The zero-order valence-corrected chi connectivity index (χ0v) is 25.1. The molecular formula is C29H48N2O7S. The molecule has 1 aromatic carbocycles. The van der Waals surface area contributed by atoms with Gasteiger partial charge in [-0.05, 0) is 97.4 Å². The van der Waals surface area contributed by atoms with E-state index in [9.17, 15) is 23.1 Å². The zero-order chi connectivity index (χ0) is 29.2. The molecule has 0 radical (unpaired) electrons. The highest BCUT2D eigenvalue weighted by atomic mass is 32.2. The first kappa shape index (κ1) is 33.0. The quantitative estimate of drug-likeness (QED) is 0.199. The number of hydrogen-bond donors (Lipinski definition) is 3. The number of carboxylic acid groups (broad SMARTS) is 1. The van der Waals surface area contributed by atoms with Crippen molar-refractivity contribution in [3.05, 3.63) is 29.8 Å². The molecule has 10 heteroatoms. The molecule has 3 N–H and O–H groups in total. The summed E-state index contributed by atoms with van der Waals surface area (Å²) in [4.78, 5) is 25.2. The molecular weight excluding hydrogens is 520 g/mol. The van der Waals surface area contributed by atoms with Crippen LogP contribution in [0.15, 0.2) is 24.3 Å². The molecule has 1 saturated heterocycles. The molecule has 0 spiro atoms. The fourth-order valence-electron chi connectivity index (χ4n) is 4.70. The van der Waals surface area contributed by atoms with Crippen molar-refractivity contribution in [2.45, 2.75) is 91.6 Å². The van der Waals surface area contributed by atoms with Gasteiger partial charge in [0.05, 0.1) is 23.2 Å². The summed E-state index contributed by atoms with van der Waals surface area (Å²) in [5, 5.41) is 13.3. The fraction of sp³-hybridized carbons (Fsp3) is 0.724. The number of ether oxygens (including phenoxy) is 2. The largest absolute Gasteiger partial charge is 0.493 e. The first-order chi connectivity index (χ1) is 18.2. The van der Waals surface area contributed by atoms with Crippen LogP contribution in [0.5, 0.6) is 5.75 Å². The summed E-state index contributed by atoms with van der Waals surface area (Å²) < 4.78 is 38.8.